The second kappa shape index (κ2) is 5.31. The zero-order valence-corrected chi connectivity index (χ0v) is 13.0. The van der Waals surface area contributed by atoms with E-state index in [-0.39, 0.29) is 11.4 Å². The number of hydrogen-bond acceptors (Lipinski definition) is 2. The lowest BCUT2D eigenvalue weighted by Gasteiger charge is -2.19. The van der Waals surface area contributed by atoms with Gasteiger partial charge in [-0.05, 0) is 42.5 Å². The number of rotatable bonds is 3. The summed E-state index contributed by atoms with van der Waals surface area (Å²) in [6, 6.07) is 6.43. The molecule has 0 atom stereocenters. The Hall–Kier alpha value is -1.77. The van der Waals surface area contributed by atoms with Crippen LogP contribution in [0.3, 0.4) is 0 Å². The highest BCUT2D eigenvalue weighted by Gasteiger charge is 2.18. The lowest BCUT2D eigenvalue weighted by atomic mass is 9.86. The maximum absolute atomic E-state index is 11.8. The van der Waals surface area contributed by atoms with Gasteiger partial charge in [-0.2, -0.15) is 0 Å². The molecule has 1 heterocycles. The first kappa shape index (κ1) is 14.6. The first-order chi connectivity index (χ1) is 9.32. The number of hydrogen-bond donors (Lipinski definition) is 1. The number of aromatic amines is 1. The van der Waals surface area contributed by atoms with Crippen LogP contribution in [-0.4, -0.2) is 17.6 Å². The molecule has 0 unspecified atom stereocenters. The smallest absolute Gasteiger partial charge is 0.310 e. The number of carbonyl (C=O) groups is 1. The molecule has 0 amide bonds. The molecule has 0 fully saturated rings. The van der Waals surface area contributed by atoms with Gasteiger partial charge in [0, 0.05) is 16.6 Å². The Labute approximate surface area is 120 Å². The number of fused-ring (bicyclic) bond motifs is 1. The van der Waals surface area contributed by atoms with Crippen LogP contribution in [0.5, 0.6) is 0 Å². The van der Waals surface area contributed by atoms with E-state index in [4.69, 9.17) is 4.74 Å². The summed E-state index contributed by atoms with van der Waals surface area (Å²) >= 11 is 0. The van der Waals surface area contributed by atoms with Gasteiger partial charge in [-0.1, -0.05) is 26.8 Å². The summed E-state index contributed by atoms with van der Waals surface area (Å²) in [7, 11) is 0. The standard InChI is InChI=1S/C17H23NO2/c1-6-20-16(19)10-13-11(2)18-15-8-7-12(9-14(13)15)17(3,4)5/h7-9,18H,6,10H2,1-5H3. The Morgan fingerprint density at radius 3 is 2.60 bits per heavy atom. The monoisotopic (exact) mass is 273 g/mol. The van der Waals surface area contributed by atoms with Gasteiger partial charge < -0.3 is 9.72 Å². The Kier molecular flexibility index (Phi) is 3.89. The minimum absolute atomic E-state index is 0.0978. The molecule has 3 nitrogen and oxygen atoms in total. The zero-order chi connectivity index (χ0) is 14.9. The SMILES string of the molecule is CCOC(=O)Cc1c(C)[nH]c2ccc(C(C)(C)C)cc12. The third-order valence-corrected chi connectivity index (χ3v) is 3.61. The van der Waals surface area contributed by atoms with Crippen LogP contribution in [0.25, 0.3) is 10.9 Å². The molecule has 3 heteroatoms. The highest BCUT2D eigenvalue weighted by atomic mass is 16.5. The third-order valence-electron chi connectivity index (χ3n) is 3.61. The molecule has 108 valence electrons. The van der Waals surface area contributed by atoms with Gasteiger partial charge in [0.05, 0.1) is 13.0 Å². The number of aromatic nitrogens is 1. The average molecular weight is 273 g/mol. The van der Waals surface area contributed by atoms with Crippen LogP contribution in [-0.2, 0) is 21.4 Å². The number of carbonyl (C=O) groups excluding carboxylic acids is 1. The van der Waals surface area contributed by atoms with Gasteiger partial charge in [0.25, 0.3) is 0 Å². The lowest BCUT2D eigenvalue weighted by Crippen LogP contribution is -2.11. The number of esters is 1. The summed E-state index contributed by atoms with van der Waals surface area (Å²) < 4.78 is 5.06. The van der Waals surface area contributed by atoms with Crippen LogP contribution in [0.15, 0.2) is 18.2 Å². The van der Waals surface area contributed by atoms with E-state index in [1.54, 1.807) is 0 Å². The molecule has 0 bridgehead atoms. The summed E-state index contributed by atoms with van der Waals surface area (Å²) in [4.78, 5) is 15.1. The molecular weight excluding hydrogens is 250 g/mol. The molecule has 0 saturated carbocycles. The van der Waals surface area contributed by atoms with Crippen molar-refractivity contribution < 1.29 is 9.53 Å². The normalized spacial score (nSPS) is 11.8. The molecule has 2 rings (SSSR count). The van der Waals surface area contributed by atoms with Crippen LogP contribution >= 0.6 is 0 Å². The molecule has 20 heavy (non-hydrogen) atoms. The third kappa shape index (κ3) is 2.87. The maximum Gasteiger partial charge on any atom is 0.310 e. The zero-order valence-electron chi connectivity index (χ0n) is 13.0. The van der Waals surface area contributed by atoms with Crippen molar-refractivity contribution in [3.8, 4) is 0 Å². The van der Waals surface area contributed by atoms with Crippen molar-refractivity contribution in [1.29, 1.82) is 0 Å². The second-order valence-electron chi connectivity index (χ2n) is 6.22. The molecule has 1 N–H and O–H groups in total. The maximum atomic E-state index is 11.8. The van der Waals surface area contributed by atoms with Crippen molar-refractivity contribution in [2.45, 2.75) is 46.5 Å². The summed E-state index contributed by atoms with van der Waals surface area (Å²) in [5.41, 5.74) is 4.54. The number of benzene rings is 1. The quantitative estimate of drug-likeness (QED) is 0.862. The van der Waals surface area contributed by atoms with Gasteiger partial charge in [-0.15, -0.1) is 0 Å². The Morgan fingerprint density at radius 1 is 1.30 bits per heavy atom. The number of ether oxygens (including phenoxy) is 1. The van der Waals surface area contributed by atoms with Crippen LogP contribution in [0.2, 0.25) is 0 Å². The molecule has 2 aromatic rings. The minimum atomic E-state index is -0.169. The van der Waals surface area contributed by atoms with Gasteiger partial charge in [0.1, 0.15) is 0 Å². The van der Waals surface area contributed by atoms with Gasteiger partial charge in [-0.25, -0.2) is 0 Å². The molecule has 0 aliphatic carbocycles. The van der Waals surface area contributed by atoms with E-state index in [0.717, 1.165) is 22.2 Å². The van der Waals surface area contributed by atoms with E-state index < -0.39 is 0 Å². The van der Waals surface area contributed by atoms with Crippen molar-refractivity contribution >= 4 is 16.9 Å². The van der Waals surface area contributed by atoms with E-state index in [1.807, 2.05) is 13.8 Å². The molecule has 1 aromatic carbocycles. The predicted molar refractivity (Wildman–Crippen MR) is 82.1 cm³/mol. The van der Waals surface area contributed by atoms with Crippen molar-refractivity contribution in [2.24, 2.45) is 0 Å². The van der Waals surface area contributed by atoms with Gasteiger partial charge in [0.2, 0.25) is 0 Å². The predicted octanol–water partition coefficient (Wildman–Crippen LogP) is 3.88. The fourth-order valence-corrected chi connectivity index (χ4v) is 2.43. The van der Waals surface area contributed by atoms with E-state index in [1.165, 1.54) is 5.56 Å². The van der Waals surface area contributed by atoms with Crippen molar-refractivity contribution in [2.75, 3.05) is 6.61 Å². The first-order valence-electron chi connectivity index (χ1n) is 7.10. The summed E-state index contributed by atoms with van der Waals surface area (Å²) in [5.74, 6) is -0.169. The number of aryl methyl sites for hydroxylation is 1. The van der Waals surface area contributed by atoms with Gasteiger partial charge in [-0.3, -0.25) is 4.79 Å². The van der Waals surface area contributed by atoms with E-state index >= 15 is 0 Å². The van der Waals surface area contributed by atoms with Crippen molar-refractivity contribution in [3.05, 3.63) is 35.0 Å². The van der Waals surface area contributed by atoms with Gasteiger partial charge in [0.15, 0.2) is 0 Å². The van der Waals surface area contributed by atoms with Gasteiger partial charge >= 0.3 is 5.97 Å². The average Bonchev–Trinajstić information content (AvgIpc) is 2.64. The largest absolute Gasteiger partial charge is 0.466 e. The number of H-pyrrole nitrogens is 1. The molecule has 1 aromatic heterocycles. The Morgan fingerprint density at radius 2 is 2.00 bits per heavy atom. The van der Waals surface area contributed by atoms with Crippen LogP contribution < -0.4 is 0 Å². The highest BCUT2D eigenvalue weighted by Crippen LogP contribution is 2.29. The van der Waals surface area contributed by atoms with E-state index in [0.29, 0.717) is 13.0 Å². The van der Waals surface area contributed by atoms with Crippen molar-refractivity contribution in [1.82, 2.24) is 4.98 Å². The minimum Gasteiger partial charge on any atom is -0.466 e. The molecule has 0 saturated heterocycles. The molecular formula is C17H23NO2. The summed E-state index contributed by atoms with van der Waals surface area (Å²) in [6.07, 6.45) is 0.327. The fourth-order valence-electron chi connectivity index (χ4n) is 2.43. The van der Waals surface area contributed by atoms with Crippen LogP contribution in [0.1, 0.15) is 44.5 Å². The second-order valence-corrected chi connectivity index (χ2v) is 6.22. The summed E-state index contributed by atoms with van der Waals surface area (Å²) in [5, 5.41) is 1.13. The summed E-state index contributed by atoms with van der Waals surface area (Å²) in [6.45, 7) is 10.8. The molecule has 0 aliphatic rings. The van der Waals surface area contributed by atoms with Crippen LogP contribution in [0, 0.1) is 6.92 Å². The van der Waals surface area contributed by atoms with E-state index in [9.17, 15) is 4.79 Å². The fraction of sp³-hybridized carbons (Fsp3) is 0.471. The van der Waals surface area contributed by atoms with Crippen LogP contribution in [0.4, 0.5) is 0 Å². The number of nitrogens with one attached hydrogen (secondary N) is 1. The molecule has 0 radical (unpaired) electrons. The molecule has 0 spiro atoms. The topological polar surface area (TPSA) is 42.1 Å². The highest BCUT2D eigenvalue weighted by molar-refractivity contribution is 5.89. The van der Waals surface area contributed by atoms with Crippen molar-refractivity contribution in [3.63, 3.8) is 0 Å². The Balaban J connectivity index is 2.47. The van der Waals surface area contributed by atoms with E-state index in [2.05, 4.69) is 44.0 Å². The lowest BCUT2D eigenvalue weighted by molar-refractivity contribution is -0.142. The molecule has 0 aliphatic heterocycles. The Bertz CT molecular complexity index is 632. The first-order valence-corrected chi connectivity index (χ1v) is 7.10.